The molecule has 166 valence electrons. The zero-order chi connectivity index (χ0) is 22.3. The van der Waals surface area contributed by atoms with E-state index in [0.29, 0.717) is 26.1 Å². The molecule has 0 bridgehead atoms. The summed E-state index contributed by atoms with van der Waals surface area (Å²) in [6.07, 6.45) is 0.321. The van der Waals surface area contributed by atoms with Crippen molar-refractivity contribution in [1.29, 1.82) is 0 Å². The fraction of sp³-hybridized carbons (Fsp3) is 0.542. The maximum atomic E-state index is 13.1. The Balaban J connectivity index is 1.44. The largest absolute Gasteiger partial charge is 0.494 e. The van der Waals surface area contributed by atoms with Crippen LogP contribution >= 0.6 is 0 Å². The second-order valence-electron chi connectivity index (χ2n) is 9.54. The Kier molecular flexibility index (Phi) is 5.54. The lowest BCUT2D eigenvalue weighted by atomic mass is 10.1. The third-order valence-electron chi connectivity index (χ3n) is 6.42. The molecule has 2 saturated heterocycles. The van der Waals surface area contributed by atoms with E-state index in [-0.39, 0.29) is 23.3 Å². The van der Waals surface area contributed by atoms with Crippen molar-refractivity contribution in [3.8, 4) is 5.75 Å². The van der Waals surface area contributed by atoms with Gasteiger partial charge in [0.2, 0.25) is 11.8 Å². The van der Waals surface area contributed by atoms with Crippen LogP contribution in [0.5, 0.6) is 5.75 Å². The zero-order valence-corrected chi connectivity index (χ0v) is 19.1. The third kappa shape index (κ3) is 4.05. The molecule has 2 aliphatic rings. The number of ether oxygens (including phenoxy) is 1. The van der Waals surface area contributed by atoms with Crippen molar-refractivity contribution in [1.82, 2.24) is 14.8 Å². The van der Waals surface area contributed by atoms with E-state index in [1.165, 1.54) is 0 Å². The van der Waals surface area contributed by atoms with Gasteiger partial charge < -0.3 is 19.4 Å². The smallest absolute Gasteiger partial charge is 0.228 e. The minimum atomic E-state index is -0.245. The van der Waals surface area contributed by atoms with Crippen LogP contribution in [-0.4, -0.2) is 72.0 Å². The molecule has 1 aromatic heterocycles. The average molecular weight is 425 g/mol. The molecule has 0 N–H and O–H groups in total. The fourth-order valence-electron chi connectivity index (χ4n) is 4.64. The zero-order valence-electron chi connectivity index (χ0n) is 19.1. The molecule has 2 fully saturated rings. The molecule has 0 saturated carbocycles. The molecule has 3 heterocycles. The number of hydrogen-bond donors (Lipinski definition) is 0. The first-order valence-electron chi connectivity index (χ1n) is 11.0. The molecule has 2 aromatic rings. The fourth-order valence-corrected chi connectivity index (χ4v) is 4.64. The highest BCUT2D eigenvalue weighted by molar-refractivity contribution is 5.90. The first-order chi connectivity index (χ1) is 14.7. The molecule has 31 heavy (non-hydrogen) atoms. The van der Waals surface area contributed by atoms with E-state index in [4.69, 9.17) is 9.72 Å². The topological polar surface area (TPSA) is 66.0 Å². The minimum Gasteiger partial charge on any atom is -0.494 e. The Morgan fingerprint density at radius 2 is 1.87 bits per heavy atom. The lowest BCUT2D eigenvalue weighted by Gasteiger charge is -2.37. The Hall–Kier alpha value is -2.83. The number of rotatable bonds is 3. The number of fused-ring (bicyclic) bond motifs is 1. The summed E-state index contributed by atoms with van der Waals surface area (Å²) in [6, 6.07) is 8.08. The number of aromatic nitrogens is 1. The van der Waals surface area contributed by atoms with Gasteiger partial charge in [0.1, 0.15) is 17.1 Å². The lowest BCUT2D eigenvalue weighted by Crippen LogP contribution is -2.51. The molecule has 1 unspecified atom stereocenters. The van der Waals surface area contributed by atoms with Crippen molar-refractivity contribution in [3.63, 3.8) is 0 Å². The monoisotopic (exact) mass is 424 g/mol. The number of carbonyl (C=O) groups excluding carboxylic acids is 2. The van der Waals surface area contributed by atoms with Gasteiger partial charge >= 0.3 is 0 Å². The summed E-state index contributed by atoms with van der Waals surface area (Å²) in [5.74, 6) is 1.63. The Labute approximate surface area is 184 Å². The Morgan fingerprint density at radius 3 is 2.48 bits per heavy atom. The highest BCUT2D eigenvalue weighted by Gasteiger charge is 2.41. The summed E-state index contributed by atoms with van der Waals surface area (Å²) in [7, 11) is 1.66. The number of piperazine rings is 1. The molecule has 0 radical (unpaired) electrons. The summed E-state index contributed by atoms with van der Waals surface area (Å²) in [4.78, 5) is 36.3. The molecule has 1 aromatic carbocycles. The minimum absolute atomic E-state index is 0.0780. The van der Waals surface area contributed by atoms with Gasteiger partial charge in [0.05, 0.1) is 13.0 Å². The average Bonchev–Trinajstić information content (AvgIpc) is 3.15. The van der Waals surface area contributed by atoms with E-state index in [1.807, 2.05) is 42.7 Å². The molecule has 0 spiro atoms. The molecular weight excluding hydrogens is 392 g/mol. The molecule has 2 aliphatic heterocycles. The standard InChI is InChI=1S/C24H32N4O3/c1-16-13-20(25-22-18(16)7-6-8-19(22)31-5)26-9-11-27(12-10-26)23(30)17-14-21(29)28(15-17)24(2,3)4/h6-8,13,17H,9-12,14-15H2,1-5H3. The molecule has 4 rings (SSSR count). The Morgan fingerprint density at radius 1 is 1.16 bits per heavy atom. The van der Waals surface area contributed by atoms with Crippen LogP contribution in [0, 0.1) is 12.8 Å². The van der Waals surface area contributed by atoms with Crippen molar-refractivity contribution in [2.45, 2.75) is 39.7 Å². The van der Waals surface area contributed by atoms with Gasteiger partial charge in [0, 0.05) is 50.1 Å². The SMILES string of the molecule is COc1cccc2c(C)cc(N3CCN(C(=O)C4CC(=O)N(C(C)(C)C)C4)CC3)nc12. The van der Waals surface area contributed by atoms with Crippen molar-refractivity contribution in [3.05, 3.63) is 29.8 Å². The summed E-state index contributed by atoms with van der Waals surface area (Å²) in [5, 5.41) is 1.09. The molecule has 0 aliphatic carbocycles. The predicted octanol–water partition coefficient (Wildman–Crippen LogP) is 2.85. The molecule has 7 heteroatoms. The van der Waals surface area contributed by atoms with Crippen LogP contribution in [0.4, 0.5) is 5.82 Å². The van der Waals surface area contributed by atoms with Crippen LogP contribution in [0.2, 0.25) is 0 Å². The number of amides is 2. The first kappa shape index (κ1) is 21.4. The van der Waals surface area contributed by atoms with Crippen LogP contribution in [0.3, 0.4) is 0 Å². The van der Waals surface area contributed by atoms with Crippen LogP contribution in [0.25, 0.3) is 10.9 Å². The number of methoxy groups -OCH3 is 1. The number of para-hydroxylation sites is 1. The van der Waals surface area contributed by atoms with Crippen LogP contribution in [0.15, 0.2) is 24.3 Å². The van der Waals surface area contributed by atoms with Gasteiger partial charge in [0.25, 0.3) is 0 Å². The summed E-state index contributed by atoms with van der Waals surface area (Å²) in [5.41, 5.74) is 1.78. The van der Waals surface area contributed by atoms with Gasteiger partial charge in [-0.15, -0.1) is 0 Å². The van der Waals surface area contributed by atoms with Gasteiger partial charge in [0.15, 0.2) is 0 Å². The predicted molar refractivity (Wildman–Crippen MR) is 121 cm³/mol. The van der Waals surface area contributed by atoms with Crippen molar-refractivity contribution < 1.29 is 14.3 Å². The normalized spacial score (nSPS) is 20.0. The Bertz CT molecular complexity index is 1010. The maximum Gasteiger partial charge on any atom is 0.228 e. The highest BCUT2D eigenvalue weighted by Crippen LogP contribution is 2.30. The number of likely N-dealkylation sites (tertiary alicyclic amines) is 1. The first-order valence-corrected chi connectivity index (χ1v) is 11.0. The summed E-state index contributed by atoms with van der Waals surface area (Å²) in [6.45, 7) is 11.4. The van der Waals surface area contributed by atoms with E-state index in [9.17, 15) is 9.59 Å². The van der Waals surface area contributed by atoms with Crippen molar-refractivity contribution >= 4 is 28.5 Å². The summed E-state index contributed by atoms with van der Waals surface area (Å²) < 4.78 is 5.51. The van der Waals surface area contributed by atoms with E-state index >= 15 is 0 Å². The number of benzene rings is 1. The van der Waals surface area contributed by atoms with Gasteiger partial charge in [-0.2, -0.15) is 0 Å². The second kappa shape index (κ2) is 8.02. The number of nitrogens with zero attached hydrogens (tertiary/aromatic N) is 4. The van der Waals surface area contributed by atoms with E-state index in [0.717, 1.165) is 41.1 Å². The van der Waals surface area contributed by atoms with Crippen LogP contribution in [0.1, 0.15) is 32.8 Å². The van der Waals surface area contributed by atoms with E-state index in [2.05, 4.69) is 24.0 Å². The second-order valence-corrected chi connectivity index (χ2v) is 9.54. The summed E-state index contributed by atoms with van der Waals surface area (Å²) >= 11 is 0. The number of carbonyl (C=O) groups is 2. The number of aryl methyl sites for hydroxylation is 1. The molecule has 1 atom stereocenters. The number of pyridine rings is 1. The van der Waals surface area contributed by atoms with Gasteiger partial charge in [-0.3, -0.25) is 9.59 Å². The lowest BCUT2D eigenvalue weighted by molar-refractivity contribution is -0.136. The quantitative estimate of drug-likeness (QED) is 0.758. The molecule has 7 nitrogen and oxygen atoms in total. The molecule has 2 amide bonds. The molecular formula is C24H32N4O3. The van der Waals surface area contributed by atoms with Gasteiger partial charge in [-0.05, 0) is 45.4 Å². The highest BCUT2D eigenvalue weighted by atomic mass is 16.5. The van der Waals surface area contributed by atoms with Crippen LogP contribution < -0.4 is 9.64 Å². The van der Waals surface area contributed by atoms with Crippen LogP contribution in [-0.2, 0) is 9.59 Å². The van der Waals surface area contributed by atoms with E-state index < -0.39 is 0 Å². The van der Waals surface area contributed by atoms with Gasteiger partial charge in [-0.1, -0.05) is 12.1 Å². The number of anilines is 1. The number of hydrogen-bond acceptors (Lipinski definition) is 5. The third-order valence-corrected chi connectivity index (χ3v) is 6.42. The maximum absolute atomic E-state index is 13.1. The van der Waals surface area contributed by atoms with Crippen molar-refractivity contribution in [2.75, 3.05) is 44.7 Å². The van der Waals surface area contributed by atoms with E-state index in [1.54, 1.807) is 7.11 Å². The van der Waals surface area contributed by atoms with Crippen molar-refractivity contribution in [2.24, 2.45) is 5.92 Å². The van der Waals surface area contributed by atoms with Gasteiger partial charge in [-0.25, -0.2) is 4.98 Å².